The van der Waals surface area contributed by atoms with Crippen LogP contribution in [0.2, 0.25) is 0 Å². The highest BCUT2D eigenvalue weighted by Gasteiger charge is 2.23. The van der Waals surface area contributed by atoms with E-state index in [0.717, 1.165) is 0 Å². The lowest BCUT2D eigenvalue weighted by Crippen LogP contribution is -2.33. The number of nitrogens with one attached hydrogen (secondary N) is 1. The molecule has 8 nitrogen and oxygen atoms in total. The van der Waals surface area contributed by atoms with Crippen LogP contribution in [0, 0.1) is 20.8 Å². The highest BCUT2D eigenvalue weighted by atomic mass is 32.2. The first-order valence-electron chi connectivity index (χ1n) is 9.06. The van der Waals surface area contributed by atoms with Crippen molar-refractivity contribution in [2.75, 3.05) is 19.0 Å². The molecule has 1 amide bonds. The number of hydrogen-bond donors (Lipinski definition) is 1. The summed E-state index contributed by atoms with van der Waals surface area (Å²) in [7, 11) is -2.09. The zero-order valence-corrected chi connectivity index (χ0v) is 18.2. The van der Waals surface area contributed by atoms with Gasteiger partial charge in [0.25, 0.3) is 5.91 Å². The Labute approximate surface area is 170 Å². The summed E-state index contributed by atoms with van der Waals surface area (Å²) in [4.78, 5) is 24.4. The van der Waals surface area contributed by atoms with Crippen LogP contribution in [0.3, 0.4) is 0 Å². The summed E-state index contributed by atoms with van der Waals surface area (Å²) in [6.45, 7) is 8.23. The second kappa shape index (κ2) is 8.79. The number of furan rings is 1. The van der Waals surface area contributed by atoms with Gasteiger partial charge >= 0.3 is 5.97 Å². The molecule has 2 aromatic rings. The maximum absolute atomic E-state index is 12.4. The minimum absolute atomic E-state index is 0.124. The molecule has 1 aromatic heterocycles. The zero-order valence-electron chi connectivity index (χ0n) is 17.4. The normalized spacial score (nSPS) is 11.7. The van der Waals surface area contributed by atoms with E-state index in [4.69, 9.17) is 9.15 Å². The Morgan fingerprint density at radius 2 is 1.69 bits per heavy atom. The topological polar surface area (TPSA) is 106 Å². The SMILES string of the molecule is Cc1oc(C)c(C(=O)OCC(=O)Nc2ccc(S(=O)(=O)N(C)C(C)C)cc2)c1C. The first kappa shape index (κ1) is 22.6. The van der Waals surface area contributed by atoms with Crippen LogP contribution in [0.5, 0.6) is 0 Å². The van der Waals surface area contributed by atoms with Gasteiger partial charge in [0.15, 0.2) is 6.61 Å². The summed E-state index contributed by atoms with van der Waals surface area (Å²) in [5.74, 6) is -0.112. The number of benzene rings is 1. The molecular formula is C20H26N2O6S. The maximum Gasteiger partial charge on any atom is 0.342 e. The van der Waals surface area contributed by atoms with E-state index < -0.39 is 28.5 Å². The number of hydrogen-bond acceptors (Lipinski definition) is 6. The lowest BCUT2D eigenvalue weighted by atomic mass is 10.1. The molecule has 0 saturated heterocycles. The van der Waals surface area contributed by atoms with E-state index in [2.05, 4.69) is 5.32 Å². The van der Waals surface area contributed by atoms with Gasteiger partial charge in [0.1, 0.15) is 17.1 Å². The summed E-state index contributed by atoms with van der Waals surface area (Å²) in [5, 5.41) is 2.57. The van der Waals surface area contributed by atoms with Crippen molar-refractivity contribution in [3.63, 3.8) is 0 Å². The molecule has 0 bridgehead atoms. The highest BCUT2D eigenvalue weighted by Crippen LogP contribution is 2.22. The van der Waals surface area contributed by atoms with Crippen LogP contribution in [-0.4, -0.2) is 44.3 Å². The first-order chi connectivity index (χ1) is 13.4. The molecule has 2 rings (SSSR count). The second-order valence-electron chi connectivity index (χ2n) is 6.98. The number of rotatable bonds is 7. The van der Waals surface area contributed by atoms with Gasteiger partial charge in [0.05, 0.1) is 4.90 Å². The van der Waals surface area contributed by atoms with Crippen molar-refractivity contribution in [1.82, 2.24) is 4.31 Å². The fraction of sp³-hybridized carbons (Fsp3) is 0.400. The molecule has 0 saturated carbocycles. The molecule has 1 N–H and O–H groups in total. The standard InChI is InChI=1S/C20H26N2O6S/c1-12(2)22(6)29(25,26)17-9-7-16(8-10-17)21-18(23)11-27-20(24)19-13(3)14(4)28-15(19)5/h7-10,12H,11H2,1-6H3,(H,21,23). The van der Waals surface area contributed by atoms with Crippen LogP contribution in [0.15, 0.2) is 33.6 Å². The van der Waals surface area contributed by atoms with Crippen LogP contribution in [0.1, 0.15) is 41.3 Å². The van der Waals surface area contributed by atoms with Gasteiger partial charge in [0.2, 0.25) is 10.0 Å². The first-order valence-corrected chi connectivity index (χ1v) is 10.5. The molecule has 1 aromatic carbocycles. The molecule has 0 atom stereocenters. The smallest absolute Gasteiger partial charge is 0.342 e. The lowest BCUT2D eigenvalue weighted by Gasteiger charge is -2.21. The molecule has 0 spiro atoms. The molecule has 9 heteroatoms. The molecule has 0 aliphatic carbocycles. The van der Waals surface area contributed by atoms with Gasteiger partial charge in [-0.3, -0.25) is 4.79 Å². The number of amides is 1. The Hall–Kier alpha value is -2.65. The molecule has 0 aliphatic rings. The Kier molecular flexibility index (Phi) is 6.86. The largest absolute Gasteiger partial charge is 0.465 e. The third kappa shape index (κ3) is 5.04. The van der Waals surface area contributed by atoms with Crippen molar-refractivity contribution in [2.45, 2.75) is 45.6 Å². The monoisotopic (exact) mass is 422 g/mol. The Bertz CT molecular complexity index is 1010. The molecule has 1 heterocycles. The summed E-state index contributed by atoms with van der Waals surface area (Å²) < 4.78 is 36.6. The average molecular weight is 423 g/mol. The van der Waals surface area contributed by atoms with E-state index in [1.807, 2.05) is 0 Å². The van der Waals surface area contributed by atoms with Crippen molar-refractivity contribution < 1.29 is 27.2 Å². The number of carbonyl (C=O) groups excluding carboxylic acids is 2. The number of nitrogens with zero attached hydrogens (tertiary/aromatic N) is 1. The lowest BCUT2D eigenvalue weighted by molar-refractivity contribution is -0.119. The van der Waals surface area contributed by atoms with Crippen LogP contribution < -0.4 is 5.32 Å². The van der Waals surface area contributed by atoms with Gasteiger partial charge in [-0.2, -0.15) is 4.31 Å². The third-order valence-electron chi connectivity index (χ3n) is 4.64. The minimum Gasteiger partial charge on any atom is -0.465 e. The fourth-order valence-corrected chi connectivity index (χ4v) is 4.02. The highest BCUT2D eigenvalue weighted by molar-refractivity contribution is 7.89. The predicted molar refractivity (Wildman–Crippen MR) is 108 cm³/mol. The summed E-state index contributed by atoms with van der Waals surface area (Å²) in [6.07, 6.45) is 0. The predicted octanol–water partition coefficient (Wildman–Crippen LogP) is 3.03. The molecule has 29 heavy (non-hydrogen) atoms. The van der Waals surface area contributed by atoms with Crippen LogP contribution in [0.4, 0.5) is 5.69 Å². The van der Waals surface area contributed by atoms with Crippen molar-refractivity contribution in [1.29, 1.82) is 0 Å². The summed E-state index contributed by atoms with van der Waals surface area (Å²) in [5.41, 5.74) is 1.39. The average Bonchev–Trinajstić information content (AvgIpc) is 2.91. The van der Waals surface area contributed by atoms with Gasteiger partial charge in [0, 0.05) is 24.3 Å². The molecule has 0 unspecified atom stereocenters. The van der Waals surface area contributed by atoms with Crippen LogP contribution in [-0.2, 0) is 19.6 Å². The van der Waals surface area contributed by atoms with E-state index in [9.17, 15) is 18.0 Å². The number of sulfonamides is 1. The number of carbonyl (C=O) groups is 2. The molecular weight excluding hydrogens is 396 g/mol. The van der Waals surface area contributed by atoms with Crippen molar-refractivity contribution >= 4 is 27.6 Å². The van der Waals surface area contributed by atoms with Crippen molar-refractivity contribution in [3.8, 4) is 0 Å². The number of ether oxygens (including phenoxy) is 1. The quantitative estimate of drug-likeness (QED) is 0.688. The molecule has 0 fully saturated rings. The van der Waals surface area contributed by atoms with E-state index in [1.54, 1.807) is 34.6 Å². The van der Waals surface area contributed by atoms with Crippen molar-refractivity contribution in [2.24, 2.45) is 0 Å². The van der Waals surface area contributed by atoms with Crippen LogP contribution in [0.25, 0.3) is 0 Å². The minimum atomic E-state index is -3.60. The Morgan fingerprint density at radius 3 is 2.17 bits per heavy atom. The maximum atomic E-state index is 12.4. The van der Waals surface area contributed by atoms with Gasteiger partial charge in [-0.1, -0.05) is 0 Å². The van der Waals surface area contributed by atoms with Gasteiger partial charge < -0.3 is 14.5 Å². The Balaban J connectivity index is 1.98. The molecule has 158 valence electrons. The second-order valence-corrected chi connectivity index (χ2v) is 8.98. The molecule has 0 aliphatic heterocycles. The van der Waals surface area contributed by atoms with Gasteiger partial charge in [-0.15, -0.1) is 0 Å². The fourth-order valence-electron chi connectivity index (χ4n) is 2.65. The van der Waals surface area contributed by atoms with E-state index in [1.165, 1.54) is 35.6 Å². The van der Waals surface area contributed by atoms with Gasteiger partial charge in [-0.05, 0) is 58.9 Å². The zero-order chi connectivity index (χ0) is 21.9. The van der Waals surface area contributed by atoms with Crippen LogP contribution >= 0.6 is 0 Å². The van der Waals surface area contributed by atoms with Gasteiger partial charge in [-0.25, -0.2) is 13.2 Å². The van der Waals surface area contributed by atoms with Crippen molar-refractivity contribution in [3.05, 3.63) is 46.9 Å². The molecule has 0 radical (unpaired) electrons. The van der Waals surface area contributed by atoms with E-state index in [0.29, 0.717) is 28.3 Å². The number of anilines is 1. The summed E-state index contributed by atoms with van der Waals surface area (Å²) >= 11 is 0. The number of aryl methyl sites for hydroxylation is 2. The number of esters is 1. The Morgan fingerprint density at radius 1 is 1.10 bits per heavy atom. The third-order valence-corrected chi connectivity index (χ3v) is 6.69. The van der Waals surface area contributed by atoms with E-state index in [-0.39, 0.29) is 10.9 Å². The van der Waals surface area contributed by atoms with E-state index >= 15 is 0 Å². The summed E-state index contributed by atoms with van der Waals surface area (Å²) in [6, 6.07) is 5.61.